The Morgan fingerprint density at radius 3 is 2.47 bits per heavy atom. The van der Waals surface area contributed by atoms with Gasteiger partial charge < -0.3 is 5.48 Å². The SMILES string of the molecule is Cl.O.c1ccc2ncncc2c1.c1cscn1. The van der Waals surface area contributed by atoms with Crippen LogP contribution in [-0.2, 0) is 0 Å². The number of para-hydroxylation sites is 1. The van der Waals surface area contributed by atoms with Gasteiger partial charge in [0.25, 0.3) is 0 Å². The van der Waals surface area contributed by atoms with Gasteiger partial charge in [-0.3, -0.25) is 4.98 Å². The lowest BCUT2D eigenvalue weighted by Gasteiger charge is -1.90. The van der Waals surface area contributed by atoms with Gasteiger partial charge >= 0.3 is 0 Å². The largest absolute Gasteiger partial charge is 0.412 e. The van der Waals surface area contributed by atoms with Crippen molar-refractivity contribution in [2.75, 3.05) is 0 Å². The molecule has 90 valence electrons. The second-order valence-corrected chi connectivity index (χ2v) is 3.51. The predicted molar refractivity (Wildman–Crippen MR) is 72.5 cm³/mol. The van der Waals surface area contributed by atoms with Crippen LogP contribution >= 0.6 is 23.7 Å². The summed E-state index contributed by atoms with van der Waals surface area (Å²) in [4.78, 5) is 11.7. The summed E-state index contributed by atoms with van der Waals surface area (Å²) in [6, 6.07) is 7.91. The third kappa shape index (κ3) is 4.86. The molecular formula is C11H12ClN3OS. The third-order valence-corrected chi connectivity index (χ3v) is 2.28. The van der Waals surface area contributed by atoms with Crippen molar-refractivity contribution < 1.29 is 5.48 Å². The molecule has 17 heavy (non-hydrogen) atoms. The summed E-state index contributed by atoms with van der Waals surface area (Å²) in [6.07, 6.45) is 5.13. The highest BCUT2D eigenvalue weighted by molar-refractivity contribution is 7.07. The summed E-state index contributed by atoms with van der Waals surface area (Å²) >= 11 is 1.60. The molecule has 0 aliphatic heterocycles. The summed E-state index contributed by atoms with van der Waals surface area (Å²) in [6.45, 7) is 0. The fraction of sp³-hybridized carbons (Fsp3) is 0. The molecule has 0 bridgehead atoms. The quantitative estimate of drug-likeness (QED) is 0.629. The van der Waals surface area contributed by atoms with E-state index in [1.807, 2.05) is 35.8 Å². The van der Waals surface area contributed by atoms with Gasteiger partial charge in [-0.25, -0.2) is 9.97 Å². The first-order valence-electron chi connectivity index (χ1n) is 4.44. The number of benzene rings is 1. The van der Waals surface area contributed by atoms with Gasteiger partial charge in [0.15, 0.2) is 0 Å². The third-order valence-electron chi connectivity index (χ3n) is 1.76. The molecule has 0 spiro atoms. The number of hydrogen-bond donors (Lipinski definition) is 0. The van der Waals surface area contributed by atoms with Gasteiger partial charge in [0.1, 0.15) is 6.33 Å². The van der Waals surface area contributed by atoms with Crippen molar-refractivity contribution in [2.24, 2.45) is 0 Å². The molecule has 0 unspecified atom stereocenters. The lowest BCUT2D eigenvalue weighted by Crippen LogP contribution is -1.77. The van der Waals surface area contributed by atoms with Crippen LogP contribution in [0.3, 0.4) is 0 Å². The Labute approximate surface area is 109 Å². The van der Waals surface area contributed by atoms with Gasteiger partial charge in [0.05, 0.1) is 11.0 Å². The summed E-state index contributed by atoms with van der Waals surface area (Å²) < 4.78 is 0. The second kappa shape index (κ2) is 8.58. The van der Waals surface area contributed by atoms with Crippen LogP contribution in [0.25, 0.3) is 10.9 Å². The van der Waals surface area contributed by atoms with Crippen LogP contribution in [0.15, 0.2) is 53.9 Å². The highest BCUT2D eigenvalue weighted by atomic mass is 35.5. The van der Waals surface area contributed by atoms with Gasteiger partial charge in [0.2, 0.25) is 0 Å². The topological polar surface area (TPSA) is 70.2 Å². The van der Waals surface area contributed by atoms with Crippen LogP contribution in [0.4, 0.5) is 0 Å². The highest BCUT2D eigenvalue weighted by Gasteiger charge is 1.87. The minimum absolute atomic E-state index is 0. The second-order valence-electron chi connectivity index (χ2n) is 2.76. The van der Waals surface area contributed by atoms with E-state index in [1.54, 1.807) is 29.4 Å². The summed E-state index contributed by atoms with van der Waals surface area (Å²) in [5.74, 6) is 0. The molecule has 0 amide bonds. The number of halogens is 1. The summed E-state index contributed by atoms with van der Waals surface area (Å²) in [5.41, 5.74) is 2.79. The Morgan fingerprint density at radius 2 is 1.88 bits per heavy atom. The van der Waals surface area contributed by atoms with Crippen molar-refractivity contribution in [2.45, 2.75) is 0 Å². The van der Waals surface area contributed by atoms with Gasteiger partial charge in [-0.2, -0.15) is 0 Å². The Kier molecular flexibility index (Phi) is 7.79. The van der Waals surface area contributed by atoms with E-state index in [0.717, 1.165) is 10.9 Å². The zero-order valence-electron chi connectivity index (χ0n) is 8.85. The van der Waals surface area contributed by atoms with Crippen molar-refractivity contribution >= 4 is 34.6 Å². The first-order chi connectivity index (χ1) is 7.47. The number of rotatable bonds is 0. The van der Waals surface area contributed by atoms with E-state index in [1.165, 1.54) is 0 Å². The van der Waals surface area contributed by atoms with E-state index >= 15 is 0 Å². The van der Waals surface area contributed by atoms with Crippen LogP contribution in [-0.4, -0.2) is 20.4 Å². The normalized spacial score (nSPS) is 8.24. The lowest BCUT2D eigenvalue weighted by molar-refractivity contribution is 0.824. The molecule has 3 rings (SSSR count). The van der Waals surface area contributed by atoms with Crippen molar-refractivity contribution in [3.8, 4) is 0 Å². The molecule has 0 aliphatic rings. The van der Waals surface area contributed by atoms with Gasteiger partial charge in [-0.1, -0.05) is 18.2 Å². The maximum absolute atomic E-state index is 4.07. The smallest absolute Gasteiger partial charge is 0.116 e. The number of aromatic nitrogens is 3. The molecule has 4 nitrogen and oxygen atoms in total. The molecule has 0 atom stereocenters. The number of hydrogen-bond acceptors (Lipinski definition) is 4. The van der Waals surface area contributed by atoms with Crippen molar-refractivity contribution in [3.05, 3.63) is 53.9 Å². The van der Waals surface area contributed by atoms with Crippen LogP contribution in [0.2, 0.25) is 0 Å². The maximum atomic E-state index is 4.07. The van der Waals surface area contributed by atoms with Gasteiger partial charge in [-0.05, 0) is 6.07 Å². The molecular weight excluding hydrogens is 258 g/mol. The lowest BCUT2D eigenvalue weighted by atomic mass is 10.2. The standard InChI is InChI=1S/C8H6N2.C3H3NS.ClH.H2O/c1-2-4-8-7(3-1)5-9-6-10-8;1-2-5-3-4-1;;/h1-6H;1-3H;1H;1H2. The first-order valence-corrected chi connectivity index (χ1v) is 5.38. The Bertz CT molecular complexity index is 436. The Hall–Kier alpha value is -1.56. The maximum Gasteiger partial charge on any atom is 0.116 e. The minimum Gasteiger partial charge on any atom is -0.412 e. The number of thiazole rings is 1. The fourth-order valence-corrected chi connectivity index (χ4v) is 1.45. The van der Waals surface area contributed by atoms with Crippen molar-refractivity contribution in [1.29, 1.82) is 0 Å². The molecule has 0 aliphatic carbocycles. The van der Waals surface area contributed by atoms with E-state index < -0.39 is 0 Å². The molecule has 3 aromatic rings. The molecule has 0 radical (unpaired) electrons. The molecule has 0 saturated carbocycles. The van der Waals surface area contributed by atoms with E-state index in [9.17, 15) is 0 Å². The first kappa shape index (κ1) is 15.4. The van der Waals surface area contributed by atoms with Crippen LogP contribution in [0, 0.1) is 0 Å². The molecule has 2 N–H and O–H groups in total. The van der Waals surface area contributed by atoms with Crippen molar-refractivity contribution in [3.63, 3.8) is 0 Å². The Balaban J connectivity index is 0.000000318. The van der Waals surface area contributed by atoms with Gasteiger partial charge in [0, 0.05) is 23.2 Å². The molecule has 0 saturated heterocycles. The van der Waals surface area contributed by atoms with E-state index in [4.69, 9.17) is 0 Å². The molecule has 2 aromatic heterocycles. The number of nitrogens with zero attached hydrogens (tertiary/aromatic N) is 3. The van der Waals surface area contributed by atoms with Crippen LogP contribution in [0.1, 0.15) is 0 Å². The van der Waals surface area contributed by atoms with Crippen molar-refractivity contribution in [1.82, 2.24) is 15.0 Å². The zero-order chi connectivity index (χ0) is 10.3. The summed E-state index contributed by atoms with van der Waals surface area (Å²) in [7, 11) is 0. The van der Waals surface area contributed by atoms with E-state index in [2.05, 4.69) is 15.0 Å². The molecule has 0 fully saturated rings. The summed E-state index contributed by atoms with van der Waals surface area (Å²) in [5, 5.41) is 3.02. The highest BCUT2D eigenvalue weighted by Crippen LogP contribution is 2.06. The van der Waals surface area contributed by atoms with Gasteiger partial charge in [-0.15, -0.1) is 23.7 Å². The zero-order valence-corrected chi connectivity index (χ0v) is 10.5. The van der Waals surface area contributed by atoms with E-state index in [-0.39, 0.29) is 17.9 Å². The molecule has 2 heterocycles. The van der Waals surface area contributed by atoms with E-state index in [0.29, 0.717) is 0 Å². The Morgan fingerprint density at radius 1 is 1.06 bits per heavy atom. The minimum atomic E-state index is 0. The average Bonchev–Trinajstić information content (AvgIpc) is 2.88. The fourth-order valence-electron chi connectivity index (χ4n) is 1.10. The predicted octanol–water partition coefficient (Wildman–Crippen LogP) is 2.37. The van der Waals surface area contributed by atoms with Crippen LogP contribution < -0.4 is 0 Å². The molecule has 1 aromatic carbocycles. The van der Waals surface area contributed by atoms with Crippen LogP contribution in [0.5, 0.6) is 0 Å². The average molecular weight is 270 g/mol. The number of fused-ring (bicyclic) bond motifs is 1. The molecule has 6 heteroatoms. The monoisotopic (exact) mass is 269 g/mol.